The normalized spacial score (nSPS) is 11.9. The molecule has 8 heteroatoms. The number of aromatic nitrogens is 3. The van der Waals surface area contributed by atoms with E-state index in [-0.39, 0.29) is 0 Å². The number of halogens is 3. The third-order valence-electron chi connectivity index (χ3n) is 4.66. The van der Waals surface area contributed by atoms with Gasteiger partial charge in [-0.1, -0.05) is 12.1 Å². The number of hydrogen-bond acceptors (Lipinski definition) is 4. The maximum absolute atomic E-state index is 13.2. The van der Waals surface area contributed by atoms with Gasteiger partial charge in [0, 0.05) is 21.7 Å². The van der Waals surface area contributed by atoms with Crippen LogP contribution in [0.25, 0.3) is 33.1 Å². The number of methoxy groups -OCH3 is 2. The third-order valence-corrected chi connectivity index (χ3v) is 4.66. The summed E-state index contributed by atoms with van der Waals surface area (Å²) in [5.41, 5.74) is 1.24. The lowest BCUT2D eigenvalue weighted by Crippen LogP contribution is -2.04. The Labute approximate surface area is 158 Å². The summed E-state index contributed by atoms with van der Waals surface area (Å²) in [6.07, 6.45) is -4.44. The van der Waals surface area contributed by atoms with Gasteiger partial charge in [-0.25, -0.2) is 4.98 Å². The van der Waals surface area contributed by atoms with E-state index in [2.05, 4.69) is 15.2 Å². The van der Waals surface area contributed by atoms with Crippen molar-refractivity contribution in [2.24, 2.45) is 0 Å². The van der Waals surface area contributed by atoms with E-state index >= 15 is 0 Å². The van der Waals surface area contributed by atoms with Crippen LogP contribution in [0.5, 0.6) is 11.5 Å². The first-order valence-corrected chi connectivity index (χ1v) is 8.41. The maximum atomic E-state index is 13.2. The van der Waals surface area contributed by atoms with Crippen molar-refractivity contribution in [1.82, 2.24) is 15.2 Å². The van der Waals surface area contributed by atoms with Gasteiger partial charge in [-0.2, -0.15) is 18.3 Å². The molecule has 5 nitrogen and oxygen atoms in total. The summed E-state index contributed by atoms with van der Waals surface area (Å²) in [6, 6.07) is 8.61. The quantitative estimate of drug-likeness (QED) is 0.530. The minimum atomic E-state index is -4.44. The molecule has 0 fully saturated rings. The summed E-state index contributed by atoms with van der Waals surface area (Å²) in [5.74, 6) is 0.976. The standard InChI is InChI=1S/C20H16F3N3O2/c1-10-17-13-8-15(27-2)16(28-3)9-14(13)18(24-19(17)26-25-10)11-5-4-6-12(7-11)20(21,22)23/h4-9H,1-3H3,(H,24,25,26). The van der Waals surface area contributed by atoms with Crippen LogP contribution in [0.2, 0.25) is 0 Å². The van der Waals surface area contributed by atoms with Crippen molar-refractivity contribution in [3.05, 3.63) is 47.7 Å². The van der Waals surface area contributed by atoms with E-state index in [1.165, 1.54) is 20.3 Å². The number of pyridine rings is 1. The number of ether oxygens (including phenoxy) is 2. The zero-order chi connectivity index (χ0) is 20.1. The molecule has 0 aliphatic rings. The lowest BCUT2D eigenvalue weighted by molar-refractivity contribution is -0.137. The molecule has 0 unspecified atom stereocenters. The summed E-state index contributed by atoms with van der Waals surface area (Å²) in [6.45, 7) is 1.83. The molecule has 0 amide bonds. The second-order valence-corrected chi connectivity index (χ2v) is 6.32. The number of aryl methyl sites for hydroxylation is 1. The lowest BCUT2D eigenvalue weighted by atomic mass is 9.99. The van der Waals surface area contributed by atoms with E-state index in [0.717, 1.165) is 28.6 Å². The smallest absolute Gasteiger partial charge is 0.416 e. The van der Waals surface area contributed by atoms with Gasteiger partial charge in [0.25, 0.3) is 0 Å². The van der Waals surface area contributed by atoms with Crippen molar-refractivity contribution in [1.29, 1.82) is 0 Å². The fourth-order valence-corrected chi connectivity index (χ4v) is 3.34. The molecular formula is C20H16F3N3O2. The van der Waals surface area contributed by atoms with E-state index in [4.69, 9.17) is 9.47 Å². The summed E-state index contributed by atoms with van der Waals surface area (Å²) >= 11 is 0. The average Bonchev–Trinajstić information content (AvgIpc) is 3.06. The predicted octanol–water partition coefficient (Wildman–Crippen LogP) is 5.12. The topological polar surface area (TPSA) is 60.0 Å². The highest BCUT2D eigenvalue weighted by atomic mass is 19.4. The number of nitrogens with zero attached hydrogens (tertiary/aromatic N) is 2. The molecule has 4 aromatic rings. The molecule has 0 saturated heterocycles. The fraction of sp³-hybridized carbons (Fsp3) is 0.200. The molecule has 1 N–H and O–H groups in total. The van der Waals surface area contributed by atoms with E-state index in [1.807, 2.05) is 6.92 Å². The highest BCUT2D eigenvalue weighted by Crippen LogP contribution is 2.41. The summed E-state index contributed by atoms with van der Waals surface area (Å²) in [4.78, 5) is 4.57. The molecule has 0 aliphatic heterocycles. The number of hydrogen-bond donors (Lipinski definition) is 1. The lowest BCUT2D eigenvalue weighted by Gasteiger charge is -2.14. The molecule has 0 spiro atoms. The summed E-state index contributed by atoms with van der Waals surface area (Å²) in [7, 11) is 3.03. The summed E-state index contributed by atoms with van der Waals surface area (Å²) < 4.78 is 50.4. The van der Waals surface area contributed by atoms with Gasteiger partial charge in [0.05, 0.1) is 31.2 Å². The van der Waals surface area contributed by atoms with Crippen LogP contribution in [0.15, 0.2) is 36.4 Å². The Bertz CT molecular complexity index is 1200. The van der Waals surface area contributed by atoms with E-state index in [0.29, 0.717) is 33.8 Å². The maximum Gasteiger partial charge on any atom is 0.416 e. The minimum Gasteiger partial charge on any atom is -0.493 e. The SMILES string of the molecule is COc1cc2c(-c3cccc(C(F)(F)F)c3)nc3[nH]nc(C)c3c2cc1OC. The van der Waals surface area contributed by atoms with Crippen molar-refractivity contribution in [2.75, 3.05) is 14.2 Å². The molecule has 0 saturated carbocycles. The molecule has 2 aromatic carbocycles. The molecular weight excluding hydrogens is 371 g/mol. The van der Waals surface area contributed by atoms with Crippen molar-refractivity contribution in [2.45, 2.75) is 13.1 Å². The van der Waals surface area contributed by atoms with Gasteiger partial charge in [0.2, 0.25) is 0 Å². The van der Waals surface area contributed by atoms with Gasteiger partial charge in [-0.15, -0.1) is 0 Å². The Morgan fingerprint density at radius 3 is 2.29 bits per heavy atom. The molecule has 0 atom stereocenters. The molecule has 28 heavy (non-hydrogen) atoms. The van der Waals surface area contributed by atoms with E-state index < -0.39 is 11.7 Å². The van der Waals surface area contributed by atoms with Gasteiger partial charge in [0.15, 0.2) is 17.1 Å². The predicted molar refractivity (Wildman–Crippen MR) is 99.7 cm³/mol. The molecule has 144 valence electrons. The molecule has 4 rings (SSSR count). The van der Waals surface area contributed by atoms with Gasteiger partial charge < -0.3 is 9.47 Å². The van der Waals surface area contributed by atoms with E-state index in [9.17, 15) is 13.2 Å². The van der Waals surface area contributed by atoms with Crippen LogP contribution in [0.3, 0.4) is 0 Å². The highest BCUT2D eigenvalue weighted by Gasteiger charge is 2.31. The van der Waals surface area contributed by atoms with Crippen LogP contribution in [0, 0.1) is 6.92 Å². The Hall–Kier alpha value is -3.29. The Morgan fingerprint density at radius 1 is 0.964 bits per heavy atom. The Kier molecular flexibility index (Phi) is 4.14. The highest BCUT2D eigenvalue weighted by molar-refractivity contribution is 6.12. The van der Waals surface area contributed by atoms with Crippen molar-refractivity contribution in [3.8, 4) is 22.8 Å². The van der Waals surface area contributed by atoms with Crippen molar-refractivity contribution in [3.63, 3.8) is 0 Å². The molecule has 2 aromatic heterocycles. The van der Waals surface area contributed by atoms with Crippen LogP contribution in [0.1, 0.15) is 11.3 Å². The molecule has 2 heterocycles. The van der Waals surface area contributed by atoms with Gasteiger partial charge >= 0.3 is 6.18 Å². The molecule has 0 radical (unpaired) electrons. The van der Waals surface area contributed by atoms with Crippen LogP contribution < -0.4 is 9.47 Å². The number of fused-ring (bicyclic) bond motifs is 3. The summed E-state index contributed by atoms with van der Waals surface area (Å²) in [5, 5.41) is 9.24. The number of alkyl halides is 3. The monoisotopic (exact) mass is 387 g/mol. The number of nitrogens with one attached hydrogen (secondary N) is 1. The van der Waals surface area contributed by atoms with Crippen LogP contribution in [-0.4, -0.2) is 29.4 Å². The van der Waals surface area contributed by atoms with Gasteiger partial charge in [-0.3, -0.25) is 5.10 Å². The number of H-pyrrole nitrogens is 1. The molecule has 0 bridgehead atoms. The Morgan fingerprint density at radius 2 is 1.64 bits per heavy atom. The van der Waals surface area contributed by atoms with Gasteiger partial charge in [0.1, 0.15) is 0 Å². The van der Waals surface area contributed by atoms with Gasteiger partial charge in [-0.05, 0) is 31.2 Å². The first kappa shape index (κ1) is 18.1. The third kappa shape index (κ3) is 2.81. The fourth-order valence-electron chi connectivity index (χ4n) is 3.34. The van der Waals surface area contributed by atoms with E-state index in [1.54, 1.807) is 18.2 Å². The Balaban J connectivity index is 2.11. The number of rotatable bonds is 3. The zero-order valence-corrected chi connectivity index (χ0v) is 15.3. The number of benzene rings is 2. The second kappa shape index (κ2) is 6.40. The van der Waals surface area contributed by atoms with Crippen molar-refractivity contribution >= 4 is 21.8 Å². The second-order valence-electron chi connectivity index (χ2n) is 6.32. The number of aromatic amines is 1. The average molecular weight is 387 g/mol. The largest absolute Gasteiger partial charge is 0.493 e. The minimum absolute atomic E-state index is 0.348. The van der Waals surface area contributed by atoms with Crippen LogP contribution in [-0.2, 0) is 6.18 Å². The van der Waals surface area contributed by atoms with Crippen LogP contribution in [0.4, 0.5) is 13.2 Å². The first-order valence-electron chi connectivity index (χ1n) is 8.41. The van der Waals surface area contributed by atoms with Crippen LogP contribution >= 0.6 is 0 Å². The zero-order valence-electron chi connectivity index (χ0n) is 15.3. The van der Waals surface area contributed by atoms with Crippen molar-refractivity contribution < 1.29 is 22.6 Å². The first-order chi connectivity index (χ1) is 13.3. The molecule has 0 aliphatic carbocycles.